The highest BCUT2D eigenvalue weighted by Gasteiger charge is 2.32. The van der Waals surface area contributed by atoms with Crippen molar-refractivity contribution in [2.45, 2.75) is 38.7 Å². The van der Waals surface area contributed by atoms with Crippen LogP contribution in [0.2, 0.25) is 0 Å². The van der Waals surface area contributed by atoms with E-state index in [1.807, 2.05) is 14.2 Å². The van der Waals surface area contributed by atoms with E-state index < -0.39 is 0 Å². The Balaban J connectivity index is 1.65. The molecule has 1 aliphatic carbocycles. The molecule has 2 aliphatic rings. The second-order valence-electron chi connectivity index (χ2n) is 6.26. The molecule has 1 saturated carbocycles. The zero-order valence-electron chi connectivity index (χ0n) is 12.2. The third kappa shape index (κ3) is 3.69. The summed E-state index contributed by atoms with van der Waals surface area (Å²) in [5.41, 5.74) is 0. The molecule has 0 N–H and O–H groups in total. The van der Waals surface area contributed by atoms with Crippen LogP contribution < -0.4 is 0 Å². The number of nitrogens with zero attached hydrogens (tertiary/aromatic N) is 1. The summed E-state index contributed by atoms with van der Waals surface area (Å²) < 4.78 is 10.6. The average molecular weight is 255 g/mol. The molecule has 18 heavy (non-hydrogen) atoms. The van der Waals surface area contributed by atoms with Gasteiger partial charge in [-0.05, 0) is 50.0 Å². The molecule has 0 unspecified atom stereocenters. The maximum atomic E-state index is 5.36. The molecule has 1 heterocycles. The number of hydrogen-bond donors (Lipinski definition) is 0. The number of piperidine rings is 1. The highest BCUT2D eigenvalue weighted by Crippen LogP contribution is 2.32. The van der Waals surface area contributed by atoms with Gasteiger partial charge in [-0.2, -0.15) is 0 Å². The van der Waals surface area contributed by atoms with Gasteiger partial charge in [-0.3, -0.25) is 0 Å². The first-order valence-electron chi connectivity index (χ1n) is 7.47. The lowest BCUT2D eigenvalue weighted by Crippen LogP contribution is -2.45. The van der Waals surface area contributed by atoms with Crippen LogP contribution in [0.3, 0.4) is 0 Å². The summed E-state index contributed by atoms with van der Waals surface area (Å²) in [6.07, 6.45) is 5.68. The molecule has 0 amide bonds. The minimum atomic E-state index is 0.548. The normalized spacial score (nSPS) is 37.5. The first kappa shape index (κ1) is 14.3. The lowest BCUT2D eigenvalue weighted by molar-refractivity contribution is -0.0186. The van der Waals surface area contributed by atoms with Crippen molar-refractivity contribution in [3.05, 3.63) is 0 Å². The van der Waals surface area contributed by atoms with Crippen LogP contribution >= 0.6 is 0 Å². The fraction of sp³-hybridized carbons (Fsp3) is 1.00. The van der Waals surface area contributed by atoms with Crippen molar-refractivity contribution in [1.82, 2.24) is 4.90 Å². The summed E-state index contributed by atoms with van der Waals surface area (Å²) in [5.74, 6) is 2.58. The Bertz CT molecular complexity index is 241. The first-order valence-corrected chi connectivity index (χ1v) is 7.47. The van der Waals surface area contributed by atoms with Gasteiger partial charge in [0.25, 0.3) is 0 Å². The first-order chi connectivity index (χ1) is 8.72. The molecule has 0 bridgehead atoms. The smallest absolute Gasteiger partial charge is 0.0577 e. The number of hydrogen-bond acceptors (Lipinski definition) is 3. The molecule has 0 spiro atoms. The number of methoxy groups -OCH3 is 2. The molecule has 1 saturated heterocycles. The van der Waals surface area contributed by atoms with Crippen molar-refractivity contribution in [3.63, 3.8) is 0 Å². The predicted molar refractivity (Wildman–Crippen MR) is 73.7 cm³/mol. The van der Waals surface area contributed by atoms with Crippen LogP contribution in [0.15, 0.2) is 0 Å². The number of rotatable bonds is 6. The van der Waals surface area contributed by atoms with Crippen LogP contribution in [-0.4, -0.2) is 51.5 Å². The Morgan fingerprint density at radius 2 is 2.00 bits per heavy atom. The fourth-order valence-electron chi connectivity index (χ4n) is 3.53. The van der Waals surface area contributed by atoms with E-state index in [4.69, 9.17) is 9.47 Å². The van der Waals surface area contributed by atoms with Crippen molar-refractivity contribution < 1.29 is 9.47 Å². The third-order valence-electron chi connectivity index (χ3n) is 4.90. The molecule has 2 fully saturated rings. The predicted octanol–water partition coefficient (Wildman–Crippen LogP) is 2.41. The maximum Gasteiger partial charge on any atom is 0.0577 e. The van der Waals surface area contributed by atoms with E-state index in [0.717, 1.165) is 24.4 Å². The van der Waals surface area contributed by atoms with Gasteiger partial charge in [0.1, 0.15) is 0 Å². The van der Waals surface area contributed by atoms with Crippen molar-refractivity contribution in [3.8, 4) is 0 Å². The van der Waals surface area contributed by atoms with E-state index in [2.05, 4.69) is 11.8 Å². The van der Waals surface area contributed by atoms with Crippen LogP contribution in [0.4, 0.5) is 0 Å². The maximum absolute atomic E-state index is 5.36. The van der Waals surface area contributed by atoms with E-state index in [1.54, 1.807) is 0 Å². The number of likely N-dealkylation sites (tertiary alicyclic amines) is 1. The molecular weight excluding hydrogens is 226 g/mol. The summed E-state index contributed by atoms with van der Waals surface area (Å²) in [6, 6.07) is 0. The molecule has 2 rings (SSSR count). The minimum absolute atomic E-state index is 0.548. The van der Waals surface area contributed by atoms with Gasteiger partial charge in [0.2, 0.25) is 0 Å². The molecule has 106 valence electrons. The standard InChI is InChI=1S/C15H29NO2/c1-12-10-16(6-4-14(12)5-7-17-2)11-13-8-15(9-13)18-3/h12-15H,4-11H2,1-3H3/t12-,13?,14-,15?/m0/s1. The Morgan fingerprint density at radius 1 is 1.22 bits per heavy atom. The highest BCUT2D eigenvalue weighted by molar-refractivity contribution is 4.85. The second-order valence-corrected chi connectivity index (χ2v) is 6.26. The summed E-state index contributed by atoms with van der Waals surface area (Å²) in [7, 11) is 3.65. The van der Waals surface area contributed by atoms with Crippen molar-refractivity contribution in [1.29, 1.82) is 0 Å². The summed E-state index contributed by atoms with van der Waals surface area (Å²) >= 11 is 0. The topological polar surface area (TPSA) is 21.7 Å². The van der Waals surface area contributed by atoms with Gasteiger partial charge in [-0.15, -0.1) is 0 Å². The van der Waals surface area contributed by atoms with Gasteiger partial charge in [-0.1, -0.05) is 6.92 Å². The Kier molecular flexibility index (Phi) is 5.46. The quantitative estimate of drug-likeness (QED) is 0.727. The van der Waals surface area contributed by atoms with Crippen LogP contribution in [0.5, 0.6) is 0 Å². The molecule has 0 aromatic carbocycles. The lowest BCUT2D eigenvalue weighted by atomic mass is 9.80. The Morgan fingerprint density at radius 3 is 2.61 bits per heavy atom. The third-order valence-corrected chi connectivity index (χ3v) is 4.90. The van der Waals surface area contributed by atoms with Crippen molar-refractivity contribution in [2.75, 3.05) is 40.5 Å². The molecule has 1 aliphatic heterocycles. The van der Waals surface area contributed by atoms with E-state index >= 15 is 0 Å². The van der Waals surface area contributed by atoms with Gasteiger partial charge in [-0.25, -0.2) is 0 Å². The summed E-state index contributed by atoms with van der Waals surface area (Å²) in [4.78, 5) is 2.67. The molecule has 0 aromatic rings. The zero-order chi connectivity index (χ0) is 13.0. The SMILES string of the molecule is COCC[C@@H]1CCN(CC2CC(OC)C2)C[C@@H]1C. The van der Waals surface area contributed by atoms with E-state index in [1.165, 1.54) is 45.3 Å². The highest BCUT2D eigenvalue weighted by atomic mass is 16.5. The Hall–Kier alpha value is -0.120. The molecule has 3 heteroatoms. The van der Waals surface area contributed by atoms with Gasteiger partial charge in [0, 0.05) is 33.9 Å². The van der Waals surface area contributed by atoms with Gasteiger partial charge < -0.3 is 14.4 Å². The van der Waals surface area contributed by atoms with Crippen molar-refractivity contribution >= 4 is 0 Å². The second kappa shape index (κ2) is 6.88. The van der Waals surface area contributed by atoms with E-state index in [9.17, 15) is 0 Å². The average Bonchev–Trinajstić information content (AvgIpc) is 2.32. The summed E-state index contributed by atoms with van der Waals surface area (Å²) in [6.45, 7) is 7.19. The molecule has 0 aromatic heterocycles. The van der Waals surface area contributed by atoms with Crippen LogP contribution in [0, 0.1) is 17.8 Å². The molecular formula is C15H29NO2. The monoisotopic (exact) mass is 255 g/mol. The fourth-order valence-corrected chi connectivity index (χ4v) is 3.53. The van der Waals surface area contributed by atoms with E-state index in [0.29, 0.717) is 6.10 Å². The minimum Gasteiger partial charge on any atom is -0.385 e. The molecule has 2 atom stereocenters. The van der Waals surface area contributed by atoms with E-state index in [-0.39, 0.29) is 0 Å². The zero-order valence-corrected chi connectivity index (χ0v) is 12.2. The number of ether oxygens (including phenoxy) is 2. The summed E-state index contributed by atoms with van der Waals surface area (Å²) in [5, 5.41) is 0. The van der Waals surface area contributed by atoms with Gasteiger partial charge in [0.15, 0.2) is 0 Å². The van der Waals surface area contributed by atoms with Crippen LogP contribution in [0.25, 0.3) is 0 Å². The van der Waals surface area contributed by atoms with Gasteiger partial charge >= 0.3 is 0 Å². The van der Waals surface area contributed by atoms with Gasteiger partial charge in [0.05, 0.1) is 6.10 Å². The van der Waals surface area contributed by atoms with Crippen molar-refractivity contribution in [2.24, 2.45) is 17.8 Å². The van der Waals surface area contributed by atoms with Crippen LogP contribution in [-0.2, 0) is 9.47 Å². The molecule has 3 nitrogen and oxygen atoms in total. The Labute approximate surface area is 112 Å². The van der Waals surface area contributed by atoms with Crippen LogP contribution in [0.1, 0.15) is 32.6 Å². The lowest BCUT2D eigenvalue weighted by Gasteiger charge is -2.42. The largest absolute Gasteiger partial charge is 0.385 e. The molecule has 0 radical (unpaired) electrons.